The van der Waals surface area contributed by atoms with E-state index in [1.54, 1.807) is 6.07 Å². The van der Waals surface area contributed by atoms with Crippen LogP contribution in [0.2, 0.25) is 0 Å². The maximum atomic E-state index is 10.9. The second-order valence-electron chi connectivity index (χ2n) is 4.98. The van der Waals surface area contributed by atoms with Gasteiger partial charge in [-0.1, -0.05) is 42.5 Å². The number of aliphatic hydroxyl groups excluding tert-OH is 1. The number of rotatable bonds is 6. The molecule has 0 radical (unpaired) electrons. The van der Waals surface area contributed by atoms with E-state index in [1.165, 1.54) is 0 Å². The molecule has 0 heterocycles. The number of hydrogen-bond donors (Lipinski definition) is 2. The lowest BCUT2D eigenvalue weighted by Crippen LogP contribution is -2.14. The van der Waals surface area contributed by atoms with Crippen molar-refractivity contribution in [2.24, 2.45) is 5.73 Å². The molecule has 1 amide bonds. The van der Waals surface area contributed by atoms with Gasteiger partial charge in [0.25, 0.3) is 0 Å². The molecule has 2 rings (SSSR count). The van der Waals surface area contributed by atoms with Gasteiger partial charge in [0, 0.05) is 0 Å². The first-order chi connectivity index (χ1) is 10.1. The largest absolute Gasteiger partial charge is 0.490 e. The van der Waals surface area contributed by atoms with Gasteiger partial charge in [-0.05, 0) is 29.7 Å². The van der Waals surface area contributed by atoms with E-state index in [0.717, 1.165) is 16.7 Å². The number of amides is 1. The number of aryl methyl sites for hydroxylation is 1. The van der Waals surface area contributed by atoms with E-state index < -0.39 is 6.10 Å². The number of benzene rings is 2. The van der Waals surface area contributed by atoms with Gasteiger partial charge in [-0.3, -0.25) is 4.79 Å². The van der Waals surface area contributed by atoms with E-state index in [-0.39, 0.29) is 18.9 Å². The molecule has 110 valence electrons. The SMILES string of the molecule is Cc1cc(CC(N)=O)ccc1OCC(O)c1ccccc1. The summed E-state index contributed by atoms with van der Waals surface area (Å²) in [7, 11) is 0. The third-order valence-electron chi connectivity index (χ3n) is 3.20. The fourth-order valence-electron chi connectivity index (χ4n) is 2.12. The van der Waals surface area contributed by atoms with Gasteiger partial charge in [-0.25, -0.2) is 0 Å². The van der Waals surface area contributed by atoms with E-state index >= 15 is 0 Å². The Morgan fingerprint density at radius 3 is 2.57 bits per heavy atom. The lowest BCUT2D eigenvalue weighted by molar-refractivity contribution is -0.117. The molecule has 3 N–H and O–H groups in total. The summed E-state index contributed by atoms with van der Waals surface area (Å²) in [5.41, 5.74) is 7.76. The van der Waals surface area contributed by atoms with Crippen molar-refractivity contribution >= 4 is 5.91 Å². The molecule has 0 aromatic heterocycles. The standard InChI is InChI=1S/C17H19NO3/c1-12-9-13(10-17(18)20)7-8-16(12)21-11-15(19)14-5-3-2-4-6-14/h2-9,15,19H,10-11H2,1H3,(H2,18,20). The highest BCUT2D eigenvalue weighted by Gasteiger charge is 2.09. The van der Waals surface area contributed by atoms with Gasteiger partial charge in [-0.2, -0.15) is 0 Å². The lowest BCUT2D eigenvalue weighted by atomic mass is 10.1. The summed E-state index contributed by atoms with van der Waals surface area (Å²) in [5.74, 6) is 0.334. The van der Waals surface area contributed by atoms with E-state index in [1.807, 2.05) is 49.4 Å². The molecule has 4 heteroatoms. The minimum atomic E-state index is -0.670. The molecular weight excluding hydrogens is 266 g/mol. The molecule has 0 fully saturated rings. The maximum Gasteiger partial charge on any atom is 0.221 e. The summed E-state index contributed by atoms with van der Waals surface area (Å²) >= 11 is 0. The van der Waals surface area contributed by atoms with Crippen molar-refractivity contribution in [3.63, 3.8) is 0 Å². The summed E-state index contributed by atoms with van der Waals surface area (Å²) in [6.45, 7) is 2.08. The van der Waals surface area contributed by atoms with Gasteiger partial charge in [0.15, 0.2) is 0 Å². The molecule has 0 spiro atoms. The van der Waals surface area contributed by atoms with Gasteiger partial charge in [0.05, 0.1) is 6.42 Å². The predicted octanol–water partition coefficient (Wildman–Crippen LogP) is 2.14. The predicted molar refractivity (Wildman–Crippen MR) is 81.0 cm³/mol. The summed E-state index contributed by atoms with van der Waals surface area (Å²) in [6, 6.07) is 14.8. The third-order valence-corrected chi connectivity index (χ3v) is 3.20. The second kappa shape index (κ2) is 6.90. The zero-order chi connectivity index (χ0) is 15.2. The second-order valence-corrected chi connectivity index (χ2v) is 4.98. The van der Waals surface area contributed by atoms with Crippen molar-refractivity contribution in [2.45, 2.75) is 19.4 Å². The Kier molecular flexibility index (Phi) is 4.95. The highest BCUT2D eigenvalue weighted by atomic mass is 16.5. The summed E-state index contributed by atoms with van der Waals surface area (Å²) in [4.78, 5) is 10.9. The van der Waals surface area contributed by atoms with Gasteiger partial charge in [0.2, 0.25) is 5.91 Å². The Morgan fingerprint density at radius 2 is 1.95 bits per heavy atom. The molecular formula is C17H19NO3. The van der Waals surface area contributed by atoms with Crippen molar-refractivity contribution in [1.29, 1.82) is 0 Å². The highest BCUT2D eigenvalue weighted by molar-refractivity contribution is 5.76. The van der Waals surface area contributed by atoms with Crippen LogP contribution >= 0.6 is 0 Å². The van der Waals surface area contributed by atoms with Crippen LogP contribution in [0.3, 0.4) is 0 Å². The minimum absolute atomic E-state index is 0.181. The molecule has 0 bridgehead atoms. The van der Waals surface area contributed by atoms with Crippen molar-refractivity contribution in [2.75, 3.05) is 6.61 Å². The van der Waals surface area contributed by atoms with E-state index in [4.69, 9.17) is 10.5 Å². The number of ether oxygens (including phenoxy) is 1. The Balaban J connectivity index is 1.99. The molecule has 1 atom stereocenters. The van der Waals surface area contributed by atoms with Gasteiger partial charge in [-0.15, -0.1) is 0 Å². The summed E-state index contributed by atoms with van der Waals surface area (Å²) < 4.78 is 5.65. The van der Waals surface area contributed by atoms with Crippen LogP contribution in [0, 0.1) is 6.92 Å². The minimum Gasteiger partial charge on any atom is -0.490 e. The molecule has 0 saturated heterocycles. The van der Waals surface area contributed by atoms with Gasteiger partial charge < -0.3 is 15.6 Å². The molecule has 1 unspecified atom stereocenters. The molecule has 0 saturated carbocycles. The number of carbonyl (C=O) groups is 1. The van der Waals surface area contributed by atoms with Crippen LogP contribution in [0.1, 0.15) is 22.8 Å². The normalized spacial score (nSPS) is 11.9. The number of hydrogen-bond acceptors (Lipinski definition) is 3. The quantitative estimate of drug-likeness (QED) is 0.854. The Labute approximate surface area is 124 Å². The van der Waals surface area contributed by atoms with Crippen molar-refractivity contribution in [3.05, 3.63) is 65.2 Å². The highest BCUT2D eigenvalue weighted by Crippen LogP contribution is 2.21. The molecule has 21 heavy (non-hydrogen) atoms. The molecule has 4 nitrogen and oxygen atoms in total. The van der Waals surface area contributed by atoms with Crippen LogP contribution < -0.4 is 10.5 Å². The number of primary amides is 1. The average molecular weight is 285 g/mol. The average Bonchev–Trinajstić information content (AvgIpc) is 2.46. The summed E-state index contributed by atoms with van der Waals surface area (Å²) in [6.07, 6.45) is -0.454. The first kappa shape index (κ1) is 15.1. The summed E-state index contributed by atoms with van der Waals surface area (Å²) in [5, 5.41) is 10.1. The van der Waals surface area contributed by atoms with E-state index in [9.17, 15) is 9.90 Å². The van der Waals surface area contributed by atoms with Crippen molar-refractivity contribution in [1.82, 2.24) is 0 Å². The van der Waals surface area contributed by atoms with Crippen molar-refractivity contribution < 1.29 is 14.6 Å². The monoisotopic (exact) mass is 285 g/mol. The third kappa shape index (κ3) is 4.33. The molecule has 2 aromatic carbocycles. The first-order valence-electron chi connectivity index (χ1n) is 6.80. The van der Waals surface area contributed by atoms with Gasteiger partial charge in [0.1, 0.15) is 18.5 Å². The molecule has 0 aliphatic rings. The number of carbonyl (C=O) groups excluding carboxylic acids is 1. The Hall–Kier alpha value is -2.33. The smallest absolute Gasteiger partial charge is 0.221 e. The van der Waals surface area contributed by atoms with Crippen molar-refractivity contribution in [3.8, 4) is 5.75 Å². The van der Waals surface area contributed by atoms with Crippen LogP contribution in [0.4, 0.5) is 0 Å². The number of nitrogens with two attached hydrogens (primary N) is 1. The fraction of sp³-hybridized carbons (Fsp3) is 0.235. The first-order valence-corrected chi connectivity index (χ1v) is 6.80. The van der Waals surface area contributed by atoms with Crippen LogP contribution in [0.5, 0.6) is 5.75 Å². The topological polar surface area (TPSA) is 72.6 Å². The fourth-order valence-corrected chi connectivity index (χ4v) is 2.12. The Bertz CT molecular complexity index is 611. The van der Waals surface area contributed by atoms with Crippen LogP contribution in [-0.4, -0.2) is 17.6 Å². The molecule has 2 aromatic rings. The van der Waals surface area contributed by atoms with Crippen LogP contribution in [0.25, 0.3) is 0 Å². The lowest BCUT2D eigenvalue weighted by Gasteiger charge is -2.14. The van der Waals surface area contributed by atoms with E-state index in [0.29, 0.717) is 5.75 Å². The molecule has 0 aliphatic carbocycles. The van der Waals surface area contributed by atoms with Crippen LogP contribution in [0.15, 0.2) is 48.5 Å². The zero-order valence-corrected chi connectivity index (χ0v) is 12.0. The van der Waals surface area contributed by atoms with Gasteiger partial charge >= 0.3 is 0 Å². The number of aliphatic hydroxyl groups is 1. The van der Waals surface area contributed by atoms with Crippen LogP contribution in [-0.2, 0) is 11.2 Å². The van der Waals surface area contributed by atoms with E-state index in [2.05, 4.69) is 0 Å². The molecule has 0 aliphatic heterocycles. The Morgan fingerprint density at radius 1 is 1.24 bits per heavy atom. The maximum absolute atomic E-state index is 10.9. The zero-order valence-electron chi connectivity index (χ0n) is 12.0.